The van der Waals surface area contributed by atoms with Crippen LogP contribution < -0.4 is 16.0 Å². The van der Waals surface area contributed by atoms with Crippen molar-refractivity contribution in [3.63, 3.8) is 0 Å². The maximum absolute atomic E-state index is 13.0. The minimum Gasteiger partial charge on any atom is -0.383 e. The van der Waals surface area contributed by atoms with E-state index in [4.69, 9.17) is 0 Å². The largest absolute Gasteiger partial charge is 0.383 e. The number of nitrogens with one attached hydrogen (secondary N) is 3. The zero-order valence-corrected chi connectivity index (χ0v) is 22.2. The topological polar surface area (TPSA) is 118 Å². The number of carbonyl (C=O) groups is 3. The van der Waals surface area contributed by atoms with Gasteiger partial charge in [0.1, 0.15) is 21.9 Å². The van der Waals surface area contributed by atoms with E-state index < -0.39 is 11.2 Å². The number of anilines is 1. The number of thioether (sulfide) groups is 1. The van der Waals surface area contributed by atoms with E-state index in [1.807, 2.05) is 25.1 Å². The van der Waals surface area contributed by atoms with Crippen molar-refractivity contribution >= 4 is 35.2 Å². The van der Waals surface area contributed by atoms with Gasteiger partial charge in [0.05, 0.1) is 0 Å². The zero-order valence-electron chi connectivity index (χ0n) is 21.4. The molecule has 3 aliphatic rings. The molecular weight excluding hydrogens is 488 g/mol. The molecule has 1 saturated carbocycles. The standard InChI is InChI=1S/C27H36N6O3S/c1-2-33-26(36)23(37-27(33)22(17-28)25(35)31-20-9-6-10-20)18-30-21-11-5-8-19(16-21)24(34)29-12-7-15-32-13-3-4-14-32/h5,8,11,16,20,23,30H,2-4,6-7,9-10,12-15,18H2,1H3,(H,29,34)(H,31,35)/b27-22-. The Morgan fingerprint density at radius 2 is 1.97 bits per heavy atom. The van der Waals surface area contributed by atoms with Crippen molar-refractivity contribution in [1.29, 1.82) is 5.26 Å². The second-order valence-corrected chi connectivity index (χ2v) is 10.9. The maximum Gasteiger partial charge on any atom is 0.264 e. The highest BCUT2D eigenvalue weighted by Crippen LogP contribution is 2.37. The van der Waals surface area contributed by atoms with E-state index in [2.05, 4.69) is 20.9 Å². The van der Waals surface area contributed by atoms with Crippen LogP contribution in [0, 0.1) is 11.3 Å². The van der Waals surface area contributed by atoms with Gasteiger partial charge < -0.3 is 25.8 Å². The molecule has 3 N–H and O–H groups in total. The Labute approximate surface area is 223 Å². The van der Waals surface area contributed by atoms with Gasteiger partial charge in [-0.2, -0.15) is 5.26 Å². The second-order valence-electron chi connectivity index (χ2n) is 9.70. The van der Waals surface area contributed by atoms with Crippen LogP contribution in [0.1, 0.15) is 55.8 Å². The molecule has 1 aromatic rings. The smallest absolute Gasteiger partial charge is 0.264 e. The van der Waals surface area contributed by atoms with Crippen LogP contribution >= 0.6 is 11.8 Å². The van der Waals surface area contributed by atoms with E-state index in [1.54, 1.807) is 12.1 Å². The van der Waals surface area contributed by atoms with Gasteiger partial charge in [-0.05, 0) is 83.3 Å². The van der Waals surface area contributed by atoms with E-state index in [1.165, 1.54) is 29.5 Å². The normalized spacial score (nSPS) is 21.4. The summed E-state index contributed by atoms with van der Waals surface area (Å²) in [5.74, 6) is -0.658. The summed E-state index contributed by atoms with van der Waals surface area (Å²) in [6.45, 7) is 6.48. The molecule has 1 aromatic carbocycles. The molecule has 1 atom stereocenters. The molecule has 1 aliphatic carbocycles. The van der Waals surface area contributed by atoms with Crippen molar-refractivity contribution in [1.82, 2.24) is 20.4 Å². The molecule has 9 nitrogen and oxygen atoms in total. The van der Waals surface area contributed by atoms with Gasteiger partial charge in [-0.1, -0.05) is 17.8 Å². The molecule has 2 heterocycles. The molecule has 0 radical (unpaired) electrons. The monoisotopic (exact) mass is 524 g/mol. The van der Waals surface area contributed by atoms with E-state index in [0.29, 0.717) is 30.2 Å². The molecule has 1 unspecified atom stereocenters. The van der Waals surface area contributed by atoms with Crippen LogP contribution in [-0.2, 0) is 9.59 Å². The van der Waals surface area contributed by atoms with Gasteiger partial charge in [0.25, 0.3) is 11.8 Å². The van der Waals surface area contributed by atoms with Gasteiger partial charge in [0.2, 0.25) is 5.91 Å². The van der Waals surface area contributed by atoms with Crippen LogP contribution in [0.3, 0.4) is 0 Å². The highest BCUT2D eigenvalue weighted by atomic mass is 32.2. The lowest BCUT2D eigenvalue weighted by molar-refractivity contribution is -0.127. The summed E-state index contributed by atoms with van der Waals surface area (Å²) in [5.41, 5.74) is 1.30. The Kier molecular flexibility index (Phi) is 9.47. The number of nitriles is 1. The van der Waals surface area contributed by atoms with Crippen molar-refractivity contribution in [3.8, 4) is 6.07 Å². The third-order valence-electron chi connectivity index (χ3n) is 7.10. The Bertz CT molecular complexity index is 1070. The number of amides is 3. The van der Waals surface area contributed by atoms with Gasteiger partial charge in [-0.15, -0.1) is 0 Å². The summed E-state index contributed by atoms with van der Waals surface area (Å²) >= 11 is 1.25. The molecule has 2 aliphatic heterocycles. The van der Waals surface area contributed by atoms with Crippen molar-refractivity contribution in [2.24, 2.45) is 0 Å². The minimum atomic E-state index is -0.474. The van der Waals surface area contributed by atoms with Crippen molar-refractivity contribution in [2.75, 3.05) is 44.6 Å². The van der Waals surface area contributed by atoms with Crippen LogP contribution in [0.5, 0.6) is 0 Å². The Hall–Kier alpha value is -3.03. The van der Waals surface area contributed by atoms with Gasteiger partial charge >= 0.3 is 0 Å². The van der Waals surface area contributed by atoms with E-state index >= 15 is 0 Å². The number of benzene rings is 1. The lowest BCUT2D eigenvalue weighted by atomic mass is 9.93. The molecule has 4 rings (SSSR count). The van der Waals surface area contributed by atoms with Crippen molar-refractivity contribution < 1.29 is 14.4 Å². The summed E-state index contributed by atoms with van der Waals surface area (Å²) in [7, 11) is 0. The lowest BCUT2D eigenvalue weighted by Gasteiger charge is -2.26. The predicted molar refractivity (Wildman–Crippen MR) is 145 cm³/mol. The van der Waals surface area contributed by atoms with E-state index in [-0.39, 0.29) is 23.4 Å². The molecule has 0 spiro atoms. The second kappa shape index (κ2) is 13.0. The van der Waals surface area contributed by atoms with E-state index in [0.717, 1.165) is 51.0 Å². The zero-order chi connectivity index (χ0) is 26.2. The fraction of sp³-hybridized carbons (Fsp3) is 0.556. The van der Waals surface area contributed by atoms with Crippen molar-refractivity contribution in [3.05, 3.63) is 40.4 Å². The number of carbonyl (C=O) groups excluding carboxylic acids is 3. The molecule has 2 saturated heterocycles. The summed E-state index contributed by atoms with van der Waals surface area (Å²) in [4.78, 5) is 42.3. The number of hydrogen-bond donors (Lipinski definition) is 3. The first-order valence-corrected chi connectivity index (χ1v) is 14.2. The highest BCUT2D eigenvalue weighted by molar-refractivity contribution is 8.04. The maximum atomic E-state index is 13.0. The molecular formula is C27H36N6O3S. The molecule has 0 bridgehead atoms. The van der Waals surface area contributed by atoms with Gasteiger partial charge in [-0.3, -0.25) is 14.4 Å². The minimum absolute atomic E-state index is 0.00185. The first kappa shape index (κ1) is 27.0. The number of hydrogen-bond acceptors (Lipinski definition) is 7. The predicted octanol–water partition coefficient (Wildman–Crippen LogP) is 2.68. The number of likely N-dealkylation sites (tertiary alicyclic amines) is 1. The van der Waals surface area contributed by atoms with Crippen LogP contribution in [-0.4, -0.2) is 78.1 Å². The molecule has 0 aromatic heterocycles. The summed E-state index contributed by atoms with van der Waals surface area (Å²) in [5, 5.41) is 18.8. The average molecular weight is 525 g/mol. The van der Waals surface area contributed by atoms with Crippen LogP contribution in [0.15, 0.2) is 34.9 Å². The number of nitrogens with zero attached hydrogens (tertiary/aromatic N) is 3. The first-order chi connectivity index (χ1) is 18.0. The third-order valence-corrected chi connectivity index (χ3v) is 8.40. The first-order valence-electron chi connectivity index (χ1n) is 13.3. The van der Waals surface area contributed by atoms with Gasteiger partial charge in [0.15, 0.2) is 0 Å². The Balaban J connectivity index is 1.32. The fourth-order valence-corrected chi connectivity index (χ4v) is 6.01. The molecule has 10 heteroatoms. The third kappa shape index (κ3) is 6.84. The Morgan fingerprint density at radius 1 is 1.19 bits per heavy atom. The fourth-order valence-electron chi connectivity index (χ4n) is 4.74. The summed E-state index contributed by atoms with van der Waals surface area (Å²) in [6.07, 6.45) is 6.38. The van der Waals surface area contributed by atoms with Gasteiger partial charge in [-0.25, -0.2) is 0 Å². The SMILES string of the molecule is CCN1C(=O)C(CNc2cccc(C(=O)NCCCN3CCCC3)c2)S/C1=C(/C#N)C(=O)NC1CCC1. The van der Waals surface area contributed by atoms with Gasteiger partial charge in [0, 0.05) is 36.9 Å². The number of rotatable bonds is 11. The Morgan fingerprint density at radius 3 is 2.65 bits per heavy atom. The quantitative estimate of drug-likeness (QED) is 0.231. The van der Waals surface area contributed by atoms with Crippen LogP contribution in [0.4, 0.5) is 5.69 Å². The molecule has 3 fully saturated rings. The summed E-state index contributed by atoms with van der Waals surface area (Å²) in [6, 6.07) is 9.35. The van der Waals surface area contributed by atoms with Crippen LogP contribution in [0.2, 0.25) is 0 Å². The highest BCUT2D eigenvalue weighted by Gasteiger charge is 2.39. The van der Waals surface area contributed by atoms with E-state index in [9.17, 15) is 19.6 Å². The molecule has 3 amide bonds. The van der Waals surface area contributed by atoms with Crippen LogP contribution in [0.25, 0.3) is 0 Å². The lowest BCUT2D eigenvalue weighted by Crippen LogP contribution is -2.41. The average Bonchev–Trinajstić information content (AvgIpc) is 3.51. The van der Waals surface area contributed by atoms with Crippen molar-refractivity contribution in [2.45, 2.75) is 56.7 Å². The molecule has 198 valence electrons. The molecule has 37 heavy (non-hydrogen) atoms. The summed E-state index contributed by atoms with van der Waals surface area (Å²) < 4.78 is 0.